The lowest BCUT2D eigenvalue weighted by molar-refractivity contribution is -0.121. The molecule has 1 N–H and O–H groups in total. The van der Waals surface area contributed by atoms with Crippen molar-refractivity contribution in [1.82, 2.24) is 20.0 Å². The maximum Gasteiger partial charge on any atom is 0.261 e. The van der Waals surface area contributed by atoms with Crippen molar-refractivity contribution in [3.63, 3.8) is 0 Å². The number of rotatable bonds is 10. The Morgan fingerprint density at radius 2 is 1.71 bits per heavy atom. The molecule has 2 heterocycles. The molecule has 0 aliphatic carbocycles. The fraction of sp³-hybridized carbons (Fsp3) is 0.400. The van der Waals surface area contributed by atoms with Gasteiger partial charge >= 0.3 is 0 Å². The molecule has 3 rings (SSSR count). The Bertz CT molecular complexity index is 830. The van der Waals surface area contributed by atoms with Gasteiger partial charge in [0.1, 0.15) is 0 Å². The molecule has 0 unspecified atom stereocenters. The van der Waals surface area contributed by atoms with E-state index in [9.17, 15) is 14.4 Å². The minimum Gasteiger partial charge on any atom is -0.356 e. The first kappa shape index (κ1) is 20.1. The summed E-state index contributed by atoms with van der Waals surface area (Å²) in [6.07, 6.45) is 6.76. The Morgan fingerprint density at radius 3 is 2.36 bits per heavy atom. The summed E-state index contributed by atoms with van der Waals surface area (Å²) in [4.78, 5) is 37.7. The summed E-state index contributed by atoms with van der Waals surface area (Å²) in [6, 6.07) is 6.88. The van der Waals surface area contributed by atoms with Crippen LogP contribution in [-0.2, 0) is 11.3 Å². The summed E-state index contributed by atoms with van der Waals surface area (Å²) < 4.78 is 1.74. The molecule has 0 bridgehead atoms. The number of aryl methyl sites for hydroxylation is 1. The summed E-state index contributed by atoms with van der Waals surface area (Å²) in [5, 5.41) is 7.57. The van der Waals surface area contributed by atoms with E-state index in [-0.39, 0.29) is 17.7 Å². The quantitative estimate of drug-likeness (QED) is 0.489. The van der Waals surface area contributed by atoms with Gasteiger partial charge in [-0.15, -0.1) is 0 Å². The number of nitrogens with one attached hydrogen (secondary N) is 1. The second kappa shape index (κ2) is 9.50. The zero-order valence-electron chi connectivity index (χ0n) is 15.6. The average molecular weight is 403 g/mol. The van der Waals surface area contributed by atoms with E-state index >= 15 is 0 Å². The number of carbonyl (C=O) groups is 3. The Labute approximate surface area is 168 Å². The summed E-state index contributed by atoms with van der Waals surface area (Å²) in [5.41, 5.74) is 0.952. The van der Waals surface area contributed by atoms with Crippen molar-refractivity contribution in [2.75, 3.05) is 13.1 Å². The van der Waals surface area contributed by atoms with Gasteiger partial charge in [-0.1, -0.05) is 30.2 Å². The van der Waals surface area contributed by atoms with Gasteiger partial charge in [0.25, 0.3) is 11.8 Å². The minimum atomic E-state index is -0.225. The van der Waals surface area contributed by atoms with Crippen LogP contribution >= 0.6 is 11.6 Å². The predicted molar refractivity (Wildman–Crippen MR) is 105 cm³/mol. The van der Waals surface area contributed by atoms with Crippen LogP contribution in [0.15, 0.2) is 36.7 Å². The van der Waals surface area contributed by atoms with Gasteiger partial charge in [-0.3, -0.25) is 24.0 Å². The Kier molecular flexibility index (Phi) is 6.81. The van der Waals surface area contributed by atoms with Crippen molar-refractivity contribution < 1.29 is 14.4 Å². The fourth-order valence-electron chi connectivity index (χ4n) is 3.19. The van der Waals surface area contributed by atoms with E-state index in [1.54, 1.807) is 41.3 Å². The highest BCUT2D eigenvalue weighted by molar-refractivity contribution is 6.30. The third-order valence-electron chi connectivity index (χ3n) is 4.65. The molecular weight excluding hydrogens is 380 g/mol. The van der Waals surface area contributed by atoms with Crippen molar-refractivity contribution >= 4 is 29.3 Å². The van der Waals surface area contributed by atoms with Crippen molar-refractivity contribution in [1.29, 1.82) is 0 Å². The molecule has 7 nitrogen and oxygen atoms in total. The van der Waals surface area contributed by atoms with Crippen molar-refractivity contribution in [2.24, 2.45) is 0 Å². The molecule has 8 heteroatoms. The molecule has 3 amide bonds. The van der Waals surface area contributed by atoms with Crippen molar-refractivity contribution in [3.8, 4) is 0 Å². The third-order valence-corrected chi connectivity index (χ3v) is 4.85. The van der Waals surface area contributed by atoms with Gasteiger partial charge in [0.15, 0.2) is 0 Å². The lowest BCUT2D eigenvalue weighted by Crippen LogP contribution is -2.30. The topological polar surface area (TPSA) is 84.3 Å². The van der Waals surface area contributed by atoms with E-state index in [1.807, 2.05) is 0 Å². The molecule has 0 fully saturated rings. The maximum absolute atomic E-state index is 12.3. The summed E-state index contributed by atoms with van der Waals surface area (Å²) in [6.45, 7) is 1.68. The highest BCUT2D eigenvalue weighted by atomic mass is 35.5. The number of aromatic nitrogens is 2. The number of unbranched alkanes of at least 4 members (excludes halogenated alkanes) is 2. The Hall–Kier alpha value is -2.67. The second-order valence-corrected chi connectivity index (χ2v) is 7.18. The zero-order chi connectivity index (χ0) is 19.9. The van der Waals surface area contributed by atoms with Crippen LogP contribution in [-0.4, -0.2) is 45.5 Å². The standard InChI is InChI=1S/C20H23ClN4O3/c21-15-13-23-24(14-15)11-6-10-22-18(26)9-2-1-5-12-25-19(27)16-7-3-4-8-17(16)20(25)28/h3-4,7-8,13-14H,1-2,5-6,9-12H2,(H,22,26). The van der Waals surface area contributed by atoms with Gasteiger partial charge < -0.3 is 5.32 Å². The van der Waals surface area contributed by atoms with E-state index in [2.05, 4.69) is 10.4 Å². The average Bonchev–Trinajstić information content (AvgIpc) is 3.21. The smallest absolute Gasteiger partial charge is 0.261 e. The molecule has 2 aromatic rings. The number of amides is 3. The molecule has 0 radical (unpaired) electrons. The van der Waals surface area contributed by atoms with Gasteiger partial charge in [0.05, 0.1) is 22.3 Å². The number of hydrogen-bond acceptors (Lipinski definition) is 4. The lowest BCUT2D eigenvalue weighted by atomic mass is 10.1. The van der Waals surface area contributed by atoms with Gasteiger partial charge in [0.2, 0.25) is 5.91 Å². The minimum absolute atomic E-state index is 0.0132. The van der Waals surface area contributed by atoms with E-state index in [4.69, 9.17) is 11.6 Å². The van der Waals surface area contributed by atoms with Crippen LogP contribution < -0.4 is 5.32 Å². The number of carbonyl (C=O) groups excluding carboxylic acids is 3. The highest BCUT2D eigenvalue weighted by Gasteiger charge is 2.34. The van der Waals surface area contributed by atoms with E-state index in [0.717, 1.165) is 19.3 Å². The summed E-state index contributed by atoms with van der Waals surface area (Å²) in [5.74, 6) is -0.437. The molecule has 0 spiro atoms. The van der Waals surface area contributed by atoms with Gasteiger partial charge in [-0.25, -0.2) is 0 Å². The number of halogens is 1. The fourth-order valence-corrected chi connectivity index (χ4v) is 3.35. The molecule has 1 aliphatic rings. The van der Waals surface area contributed by atoms with E-state index in [0.29, 0.717) is 48.6 Å². The molecule has 1 aromatic heterocycles. The molecule has 0 saturated carbocycles. The van der Waals surface area contributed by atoms with Gasteiger partial charge in [0, 0.05) is 32.3 Å². The predicted octanol–water partition coefficient (Wildman–Crippen LogP) is 2.90. The van der Waals surface area contributed by atoms with Crippen LogP contribution in [0.1, 0.15) is 52.8 Å². The number of nitrogens with zero attached hydrogens (tertiary/aromatic N) is 3. The SMILES string of the molecule is O=C(CCCCCN1C(=O)c2ccccc2C1=O)NCCCn1cc(Cl)cn1. The monoisotopic (exact) mass is 402 g/mol. The second-order valence-electron chi connectivity index (χ2n) is 6.74. The van der Waals surface area contributed by atoms with Gasteiger partial charge in [-0.05, 0) is 31.4 Å². The van der Waals surface area contributed by atoms with Crippen LogP contribution in [0.25, 0.3) is 0 Å². The van der Waals surface area contributed by atoms with Gasteiger partial charge in [-0.2, -0.15) is 5.10 Å². The first-order chi connectivity index (χ1) is 13.6. The first-order valence-corrected chi connectivity index (χ1v) is 9.84. The molecule has 148 valence electrons. The van der Waals surface area contributed by atoms with Crippen molar-refractivity contribution in [2.45, 2.75) is 38.6 Å². The summed E-state index contributed by atoms with van der Waals surface area (Å²) in [7, 11) is 0. The Morgan fingerprint density at radius 1 is 1.00 bits per heavy atom. The number of benzene rings is 1. The lowest BCUT2D eigenvalue weighted by Gasteiger charge is -2.13. The maximum atomic E-state index is 12.3. The largest absolute Gasteiger partial charge is 0.356 e. The summed E-state index contributed by atoms with van der Waals surface area (Å²) >= 11 is 5.79. The number of fused-ring (bicyclic) bond motifs is 1. The number of imide groups is 1. The molecule has 1 aromatic carbocycles. The van der Waals surface area contributed by atoms with Crippen LogP contribution in [0, 0.1) is 0 Å². The Balaban J connectivity index is 1.26. The molecule has 28 heavy (non-hydrogen) atoms. The van der Waals surface area contributed by atoms with Crippen LogP contribution in [0.2, 0.25) is 5.02 Å². The molecule has 1 aliphatic heterocycles. The van der Waals surface area contributed by atoms with Crippen LogP contribution in [0.5, 0.6) is 0 Å². The van der Waals surface area contributed by atoms with Crippen LogP contribution in [0.4, 0.5) is 0 Å². The van der Waals surface area contributed by atoms with Crippen molar-refractivity contribution in [3.05, 3.63) is 52.8 Å². The first-order valence-electron chi connectivity index (χ1n) is 9.46. The molecule has 0 atom stereocenters. The van der Waals surface area contributed by atoms with Crippen LogP contribution in [0.3, 0.4) is 0 Å². The normalized spacial score (nSPS) is 13.1. The third kappa shape index (κ3) is 4.98. The highest BCUT2D eigenvalue weighted by Crippen LogP contribution is 2.22. The molecule has 0 saturated heterocycles. The molecular formula is C20H23ClN4O3. The number of hydrogen-bond donors (Lipinski definition) is 1. The zero-order valence-corrected chi connectivity index (χ0v) is 16.3. The van der Waals surface area contributed by atoms with E-state index < -0.39 is 0 Å². The van der Waals surface area contributed by atoms with E-state index in [1.165, 1.54) is 4.90 Å².